The van der Waals surface area contributed by atoms with Crippen molar-refractivity contribution in [1.29, 1.82) is 0 Å². The van der Waals surface area contributed by atoms with Crippen molar-refractivity contribution in [2.24, 2.45) is 0 Å². The fourth-order valence-corrected chi connectivity index (χ4v) is 4.77. The fourth-order valence-electron chi connectivity index (χ4n) is 4.77. The van der Waals surface area contributed by atoms with Gasteiger partial charge in [0.05, 0.1) is 10.4 Å². The van der Waals surface area contributed by atoms with Crippen LogP contribution in [0.3, 0.4) is 0 Å². The van der Waals surface area contributed by atoms with Crippen molar-refractivity contribution in [2.75, 3.05) is 51.7 Å². The molecule has 43 heavy (non-hydrogen) atoms. The molecule has 1 saturated heterocycles. The van der Waals surface area contributed by atoms with Gasteiger partial charge in [-0.3, -0.25) is 24.6 Å². The zero-order chi connectivity index (χ0) is 30.5. The minimum absolute atomic E-state index is 0.0271. The van der Waals surface area contributed by atoms with E-state index in [9.17, 15) is 24.9 Å². The van der Waals surface area contributed by atoms with Gasteiger partial charge in [-0.25, -0.2) is 4.98 Å². The molecule has 1 fully saturated rings. The smallest absolute Gasteiger partial charge is 0.313 e. The molecule has 0 radical (unpaired) electrons. The maximum absolute atomic E-state index is 12.4. The molecule has 12 nitrogen and oxygen atoms in total. The number of Topliss-reactive ketones (excluding diaryl/α,β-unsaturated/α-hetero) is 1. The number of hydrogen-bond donors (Lipinski definition) is 2. The third-order valence-corrected chi connectivity index (χ3v) is 7.32. The Kier molecular flexibility index (Phi) is 8.79. The Bertz CT molecular complexity index is 1670. The summed E-state index contributed by atoms with van der Waals surface area (Å²) in [7, 11) is 2.08. The van der Waals surface area contributed by atoms with E-state index in [1.54, 1.807) is 54.6 Å². The molecule has 1 aliphatic heterocycles. The number of ketones is 1. The van der Waals surface area contributed by atoms with Crippen molar-refractivity contribution in [1.82, 2.24) is 19.5 Å². The number of benzene rings is 3. The average Bonchev–Trinajstić information content (AvgIpc) is 3.32. The van der Waals surface area contributed by atoms with Crippen LogP contribution in [0.1, 0.15) is 22.8 Å². The van der Waals surface area contributed by atoms with Gasteiger partial charge in [0.1, 0.15) is 12.1 Å². The van der Waals surface area contributed by atoms with Gasteiger partial charge >= 0.3 is 5.69 Å². The first kappa shape index (κ1) is 29.4. The summed E-state index contributed by atoms with van der Waals surface area (Å²) in [4.78, 5) is 44.1. The van der Waals surface area contributed by atoms with Gasteiger partial charge in [0, 0.05) is 67.7 Å². The van der Waals surface area contributed by atoms with Crippen LogP contribution in [-0.2, 0) is 4.79 Å². The lowest BCUT2D eigenvalue weighted by atomic mass is 10.1. The summed E-state index contributed by atoms with van der Waals surface area (Å²) in [5, 5.41) is 25.4. The van der Waals surface area contributed by atoms with Crippen LogP contribution < -0.4 is 10.1 Å². The highest BCUT2D eigenvalue weighted by Crippen LogP contribution is 2.34. The molecule has 0 bridgehead atoms. The van der Waals surface area contributed by atoms with E-state index in [0.29, 0.717) is 28.9 Å². The molecule has 12 heteroatoms. The standard InChI is InChI=1S/C31H32N6O6/c1-21(38)23-6-3-22(4-7-23)5-12-30(39)32-25-10-8-24(9-11-25)31-33-26-19-29(28(37(41)42)20-27(26)36(31)40)43-18-17-35-15-13-34(2)14-16-35/h3-12,19-20,40H,13-18H2,1-2H3,(H,32,39)/b12-5+. The molecule has 0 unspecified atom stereocenters. The Labute approximate surface area is 247 Å². The summed E-state index contributed by atoms with van der Waals surface area (Å²) in [6, 6.07) is 16.3. The number of imidazole rings is 1. The molecular formula is C31H32N6O6. The highest BCUT2D eigenvalue weighted by Gasteiger charge is 2.22. The van der Waals surface area contributed by atoms with E-state index in [1.807, 2.05) is 0 Å². The summed E-state index contributed by atoms with van der Waals surface area (Å²) in [6.07, 6.45) is 3.03. The van der Waals surface area contributed by atoms with Gasteiger partial charge in [-0.2, -0.15) is 4.73 Å². The number of rotatable bonds is 10. The third-order valence-electron chi connectivity index (χ3n) is 7.32. The number of anilines is 1. The van der Waals surface area contributed by atoms with Gasteiger partial charge in [-0.15, -0.1) is 0 Å². The molecular weight excluding hydrogens is 552 g/mol. The van der Waals surface area contributed by atoms with Crippen molar-refractivity contribution in [3.8, 4) is 17.1 Å². The molecule has 4 aromatic rings. The molecule has 0 saturated carbocycles. The number of nitrogens with one attached hydrogen (secondary N) is 1. The number of fused-ring (bicyclic) bond motifs is 1. The quantitative estimate of drug-likeness (QED) is 0.0915. The van der Waals surface area contributed by atoms with Crippen molar-refractivity contribution in [3.63, 3.8) is 0 Å². The number of carbonyl (C=O) groups is 2. The second-order valence-corrected chi connectivity index (χ2v) is 10.4. The first-order chi connectivity index (χ1) is 20.7. The van der Waals surface area contributed by atoms with E-state index in [4.69, 9.17) is 4.74 Å². The van der Waals surface area contributed by atoms with Crippen LogP contribution in [0, 0.1) is 10.1 Å². The number of nitro groups is 1. The largest absolute Gasteiger partial charge is 0.485 e. The maximum atomic E-state index is 12.4. The van der Waals surface area contributed by atoms with Gasteiger partial charge in [0.25, 0.3) is 0 Å². The van der Waals surface area contributed by atoms with E-state index < -0.39 is 4.92 Å². The van der Waals surface area contributed by atoms with Crippen molar-refractivity contribution in [3.05, 3.63) is 88.0 Å². The van der Waals surface area contributed by atoms with Crippen LogP contribution in [0.2, 0.25) is 0 Å². The molecule has 0 spiro atoms. The van der Waals surface area contributed by atoms with Crippen LogP contribution in [0.4, 0.5) is 11.4 Å². The number of hydrogen-bond acceptors (Lipinski definition) is 9. The molecule has 1 amide bonds. The number of amides is 1. The average molecular weight is 585 g/mol. The first-order valence-electron chi connectivity index (χ1n) is 13.8. The molecule has 0 atom stereocenters. The molecule has 2 heterocycles. The summed E-state index contributed by atoms with van der Waals surface area (Å²) in [5.41, 5.74) is 2.70. The predicted octanol–water partition coefficient (Wildman–Crippen LogP) is 4.33. The lowest BCUT2D eigenvalue weighted by molar-refractivity contribution is -0.385. The lowest BCUT2D eigenvalue weighted by Crippen LogP contribution is -2.45. The van der Waals surface area contributed by atoms with Crippen LogP contribution in [0.15, 0.2) is 66.7 Å². The van der Waals surface area contributed by atoms with Crippen LogP contribution in [-0.4, -0.2) is 87.7 Å². The Hall–Kier alpha value is -5.07. The highest BCUT2D eigenvalue weighted by molar-refractivity contribution is 6.02. The molecule has 3 aromatic carbocycles. The predicted molar refractivity (Wildman–Crippen MR) is 163 cm³/mol. The zero-order valence-electron chi connectivity index (χ0n) is 23.9. The number of aromatic nitrogens is 2. The third kappa shape index (κ3) is 7.05. The zero-order valence-corrected chi connectivity index (χ0v) is 23.9. The number of ether oxygens (including phenoxy) is 1. The normalized spacial score (nSPS) is 14.3. The van der Waals surface area contributed by atoms with E-state index in [1.165, 1.54) is 25.1 Å². The van der Waals surface area contributed by atoms with Gasteiger partial charge in [0.15, 0.2) is 17.4 Å². The Morgan fingerprint density at radius 2 is 1.77 bits per heavy atom. The SMILES string of the molecule is CC(=O)c1ccc(/C=C/C(=O)Nc2ccc(-c3nc4cc(OCCN5CCN(C)CC5)c([N+](=O)[O-])cc4n3O)cc2)cc1. The minimum atomic E-state index is -0.537. The van der Waals surface area contributed by atoms with Gasteiger partial charge in [-0.1, -0.05) is 24.3 Å². The first-order valence-corrected chi connectivity index (χ1v) is 13.8. The number of carbonyl (C=O) groups excluding carboxylic acids is 2. The molecule has 1 aliphatic rings. The highest BCUT2D eigenvalue weighted by atomic mass is 16.6. The fraction of sp³-hybridized carbons (Fsp3) is 0.258. The van der Waals surface area contributed by atoms with Crippen LogP contribution in [0.5, 0.6) is 5.75 Å². The number of likely N-dealkylation sites (N-methyl/N-ethyl adjacent to an activating group) is 1. The van der Waals surface area contributed by atoms with Crippen molar-refractivity contribution < 1.29 is 24.5 Å². The maximum Gasteiger partial charge on any atom is 0.313 e. The Morgan fingerprint density at radius 1 is 1.07 bits per heavy atom. The van der Waals surface area contributed by atoms with Gasteiger partial charge in [0.2, 0.25) is 5.91 Å². The van der Waals surface area contributed by atoms with E-state index in [-0.39, 0.29) is 41.1 Å². The second-order valence-electron chi connectivity index (χ2n) is 10.4. The topological polar surface area (TPSA) is 143 Å². The molecule has 5 rings (SSSR count). The number of piperazine rings is 1. The monoisotopic (exact) mass is 584 g/mol. The Balaban J connectivity index is 1.26. The molecule has 0 aliphatic carbocycles. The Morgan fingerprint density at radius 3 is 2.42 bits per heavy atom. The second kappa shape index (κ2) is 12.8. The molecule has 222 valence electrons. The summed E-state index contributed by atoms with van der Waals surface area (Å²) < 4.78 is 6.63. The summed E-state index contributed by atoms with van der Waals surface area (Å²) in [6.45, 7) is 6.19. The van der Waals surface area contributed by atoms with Gasteiger partial charge < -0.3 is 20.2 Å². The van der Waals surface area contributed by atoms with Crippen molar-refractivity contribution >= 4 is 40.2 Å². The van der Waals surface area contributed by atoms with Crippen LogP contribution >= 0.6 is 0 Å². The van der Waals surface area contributed by atoms with E-state index in [0.717, 1.165) is 36.5 Å². The van der Waals surface area contributed by atoms with E-state index >= 15 is 0 Å². The minimum Gasteiger partial charge on any atom is -0.485 e. The van der Waals surface area contributed by atoms with Crippen molar-refractivity contribution in [2.45, 2.75) is 6.92 Å². The lowest BCUT2D eigenvalue weighted by Gasteiger charge is -2.32. The summed E-state index contributed by atoms with van der Waals surface area (Å²) in [5.74, 6) is -0.0890. The van der Waals surface area contributed by atoms with Crippen LogP contribution in [0.25, 0.3) is 28.5 Å². The van der Waals surface area contributed by atoms with E-state index in [2.05, 4.69) is 27.1 Å². The number of nitro benzene ring substituents is 1. The molecule has 2 N–H and O–H groups in total. The summed E-state index contributed by atoms with van der Waals surface area (Å²) >= 11 is 0. The number of nitrogens with zero attached hydrogens (tertiary/aromatic N) is 5. The van der Waals surface area contributed by atoms with Gasteiger partial charge in [-0.05, 0) is 49.9 Å². The molecule has 1 aromatic heterocycles.